The highest BCUT2D eigenvalue weighted by Gasteiger charge is 2.29. The van der Waals surface area contributed by atoms with Crippen molar-refractivity contribution < 1.29 is 4.79 Å². The Labute approximate surface area is 103 Å². The Bertz CT molecular complexity index is 345. The van der Waals surface area contributed by atoms with E-state index in [9.17, 15) is 4.79 Å². The molecule has 0 aromatic carbocycles. The van der Waals surface area contributed by atoms with Gasteiger partial charge in [-0.15, -0.1) is 0 Å². The second kappa shape index (κ2) is 5.82. The summed E-state index contributed by atoms with van der Waals surface area (Å²) < 4.78 is 1.80. The van der Waals surface area contributed by atoms with Crippen LogP contribution >= 0.6 is 0 Å². The highest BCUT2D eigenvalue weighted by molar-refractivity contribution is 5.85. The Kier molecular flexibility index (Phi) is 4.69. The molecule has 1 unspecified atom stereocenters. The summed E-state index contributed by atoms with van der Waals surface area (Å²) in [4.78, 5) is 13.8. The standard InChI is InChI=1S/C12H22N4O/c1-4-6-12(2,13)11(17)15(3)9-10-16-8-5-7-14-16/h5,7-8H,4,6,9-10,13H2,1-3H3. The van der Waals surface area contributed by atoms with E-state index in [4.69, 9.17) is 5.73 Å². The van der Waals surface area contributed by atoms with Crippen LogP contribution in [-0.4, -0.2) is 39.7 Å². The number of rotatable bonds is 6. The van der Waals surface area contributed by atoms with Gasteiger partial charge >= 0.3 is 0 Å². The molecule has 0 radical (unpaired) electrons. The molecule has 0 saturated carbocycles. The Balaban J connectivity index is 2.46. The van der Waals surface area contributed by atoms with Gasteiger partial charge in [-0.2, -0.15) is 5.10 Å². The third-order valence-electron chi connectivity index (χ3n) is 2.83. The summed E-state index contributed by atoms with van der Waals surface area (Å²) in [7, 11) is 1.78. The zero-order chi connectivity index (χ0) is 12.9. The number of hydrogen-bond acceptors (Lipinski definition) is 3. The van der Waals surface area contributed by atoms with Crippen molar-refractivity contribution in [2.24, 2.45) is 5.73 Å². The largest absolute Gasteiger partial charge is 0.342 e. The number of carbonyl (C=O) groups excluding carboxylic acids is 1. The summed E-state index contributed by atoms with van der Waals surface area (Å²) in [6.45, 7) is 5.14. The van der Waals surface area contributed by atoms with Crippen LogP contribution in [0.1, 0.15) is 26.7 Å². The summed E-state index contributed by atoms with van der Waals surface area (Å²) in [6, 6.07) is 1.87. The second-order valence-electron chi connectivity index (χ2n) is 4.66. The Morgan fingerprint density at radius 2 is 2.29 bits per heavy atom. The third kappa shape index (κ3) is 3.85. The fourth-order valence-corrected chi connectivity index (χ4v) is 1.85. The summed E-state index contributed by atoms with van der Waals surface area (Å²) in [6.07, 6.45) is 5.22. The van der Waals surface area contributed by atoms with Gasteiger partial charge in [0.15, 0.2) is 0 Å². The number of hydrogen-bond donors (Lipinski definition) is 1. The van der Waals surface area contributed by atoms with E-state index in [1.165, 1.54) is 0 Å². The molecule has 0 aliphatic heterocycles. The van der Waals surface area contributed by atoms with E-state index in [0.717, 1.165) is 6.42 Å². The molecule has 1 aromatic rings. The summed E-state index contributed by atoms with van der Waals surface area (Å²) in [5.74, 6) is -0.00786. The zero-order valence-corrected chi connectivity index (χ0v) is 10.9. The van der Waals surface area contributed by atoms with E-state index in [1.807, 2.05) is 19.2 Å². The van der Waals surface area contributed by atoms with Crippen molar-refractivity contribution in [3.63, 3.8) is 0 Å². The van der Waals surface area contributed by atoms with Crippen molar-refractivity contribution in [1.82, 2.24) is 14.7 Å². The topological polar surface area (TPSA) is 64.2 Å². The van der Waals surface area contributed by atoms with Gasteiger partial charge in [0.25, 0.3) is 0 Å². The Hall–Kier alpha value is -1.36. The van der Waals surface area contributed by atoms with Gasteiger partial charge in [0.05, 0.1) is 12.1 Å². The number of nitrogens with zero attached hydrogens (tertiary/aromatic N) is 3. The molecule has 5 nitrogen and oxygen atoms in total. The lowest BCUT2D eigenvalue weighted by Crippen LogP contribution is -2.52. The van der Waals surface area contributed by atoms with Gasteiger partial charge in [0, 0.05) is 26.0 Å². The van der Waals surface area contributed by atoms with Crippen LogP contribution in [0.3, 0.4) is 0 Å². The second-order valence-corrected chi connectivity index (χ2v) is 4.66. The van der Waals surface area contributed by atoms with Gasteiger partial charge < -0.3 is 10.6 Å². The fourth-order valence-electron chi connectivity index (χ4n) is 1.85. The molecule has 0 fully saturated rings. The molecule has 1 amide bonds. The van der Waals surface area contributed by atoms with Crippen molar-refractivity contribution in [2.75, 3.05) is 13.6 Å². The molecule has 0 aliphatic carbocycles. The van der Waals surface area contributed by atoms with E-state index in [-0.39, 0.29) is 5.91 Å². The van der Waals surface area contributed by atoms with Gasteiger partial charge in [-0.05, 0) is 19.4 Å². The van der Waals surface area contributed by atoms with Crippen molar-refractivity contribution in [1.29, 1.82) is 0 Å². The molecule has 2 N–H and O–H groups in total. The highest BCUT2D eigenvalue weighted by Crippen LogP contribution is 2.11. The minimum absolute atomic E-state index is 0.00786. The first kappa shape index (κ1) is 13.7. The zero-order valence-electron chi connectivity index (χ0n) is 10.9. The van der Waals surface area contributed by atoms with Crippen LogP contribution < -0.4 is 5.73 Å². The predicted octanol–water partition coefficient (Wildman–Crippen LogP) is 0.859. The Morgan fingerprint density at radius 3 is 2.82 bits per heavy atom. The maximum atomic E-state index is 12.1. The quantitative estimate of drug-likeness (QED) is 0.799. The molecule has 0 spiro atoms. The van der Waals surface area contributed by atoms with Crippen LogP contribution in [0, 0.1) is 0 Å². The normalized spacial score (nSPS) is 14.4. The van der Waals surface area contributed by atoms with Crippen LogP contribution in [-0.2, 0) is 11.3 Å². The van der Waals surface area contributed by atoms with Gasteiger partial charge in [-0.25, -0.2) is 0 Å². The lowest BCUT2D eigenvalue weighted by Gasteiger charge is -2.28. The maximum absolute atomic E-state index is 12.1. The monoisotopic (exact) mass is 238 g/mol. The molecule has 0 aliphatic rings. The van der Waals surface area contributed by atoms with E-state index >= 15 is 0 Å². The molecule has 5 heteroatoms. The molecular formula is C12H22N4O. The van der Waals surface area contributed by atoms with E-state index in [0.29, 0.717) is 19.5 Å². The van der Waals surface area contributed by atoms with Crippen molar-refractivity contribution in [2.45, 2.75) is 38.8 Å². The highest BCUT2D eigenvalue weighted by atomic mass is 16.2. The lowest BCUT2D eigenvalue weighted by atomic mass is 9.96. The molecule has 1 heterocycles. The summed E-state index contributed by atoms with van der Waals surface area (Å²) >= 11 is 0. The third-order valence-corrected chi connectivity index (χ3v) is 2.83. The molecule has 0 saturated heterocycles. The first-order valence-electron chi connectivity index (χ1n) is 5.99. The van der Waals surface area contributed by atoms with Crippen LogP contribution in [0.4, 0.5) is 0 Å². The van der Waals surface area contributed by atoms with Gasteiger partial charge in [-0.1, -0.05) is 13.3 Å². The number of nitrogens with two attached hydrogens (primary N) is 1. The first-order valence-corrected chi connectivity index (χ1v) is 5.99. The van der Waals surface area contributed by atoms with Gasteiger partial charge in [-0.3, -0.25) is 9.48 Å². The average Bonchev–Trinajstić information content (AvgIpc) is 2.77. The molecule has 17 heavy (non-hydrogen) atoms. The molecular weight excluding hydrogens is 216 g/mol. The van der Waals surface area contributed by atoms with Crippen molar-refractivity contribution in [3.05, 3.63) is 18.5 Å². The Morgan fingerprint density at radius 1 is 1.59 bits per heavy atom. The number of amides is 1. The predicted molar refractivity (Wildman–Crippen MR) is 67.4 cm³/mol. The van der Waals surface area contributed by atoms with Crippen molar-refractivity contribution in [3.8, 4) is 0 Å². The van der Waals surface area contributed by atoms with E-state index < -0.39 is 5.54 Å². The molecule has 0 bridgehead atoms. The van der Waals surface area contributed by atoms with Crippen LogP contribution in [0.25, 0.3) is 0 Å². The minimum atomic E-state index is -0.756. The smallest absolute Gasteiger partial charge is 0.242 e. The SMILES string of the molecule is CCCC(C)(N)C(=O)N(C)CCn1cccn1. The summed E-state index contributed by atoms with van der Waals surface area (Å²) in [5.41, 5.74) is 5.25. The van der Waals surface area contributed by atoms with Crippen LogP contribution in [0.15, 0.2) is 18.5 Å². The molecule has 1 atom stereocenters. The van der Waals surface area contributed by atoms with Crippen LogP contribution in [0.5, 0.6) is 0 Å². The van der Waals surface area contributed by atoms with E-state index in [1.54, 1.807) is 29.7 Å². The minimum Gasteiger partial charge on any atom is -0.342 e. The number of aromatic nitrogens is 2. The lowest BCUT2D eigenvalue weighted by molar-refractivity contribution is -0.135. The average molecular weight is 238 g/mol. The van der Waals surface area contributed by atoms with Crippen molar-refractivity contribution >= 4 is 5.91 Å². The molecule has 1 aromatic heterocycles. The number of carbonyl (C=O) groups is 1. The molecule has 1 rings (SSSR count). The van der Waals surface area contributed by atoms with E-state index in [2.05, 4.69) is 5.10 Å². The first-order chi connectivity index (χ1) is 7.97. The van der Waals surface area contributed by atoms with Gasteiger partial charge in [0.2, 0.25) is 5.91 Å². The summed E-state index contributed by atoms with van der Waals surface area (Å²) in [5, 5.41) is 4.09. The maximum Gasteiger partial charge on any atom is 0.242 e. The fraction of sp³-hybridized carbons (Fsp3) is 0.667. The van der Waals surface area contributed by atoms with Gasteiger partial charge in [0.1, 0.15) is 0 Å². The molecule has 96 valence electrons. The van der Waals surface area contributed by atoms with Crippen LogP contribution in [0.2, 0.25) is 0 Å². The number of likely N-dealkylation sites (N-methyl/N-ethyl adjacent to an activating group) is 1.